The Bertz CT molecular complexity index is 1140. The first-order chi connectivity index (χ1) is 16.6. The van der Waals surface area contributed by atoms with E-state index in [1.165, 1.54) is 24.3 Å². The topological polar surface area (TPSA) is 40.5 Å². The van der Waals surface area contributed by atoms with Crippen molar-refractivity contribution in [1.82, 2.24) is 4.90 Å². The van der Waals surface area contributed by atoms with Gasteiger partial charge in [0.15, 0.2) is 0 Å². The van der Waals surface area contributed by atoms with Crippen LogP contribution in [-0.4, -0.2) is 40.8 Å². The number of fused-ring (bicyclic) bond motifs is 3. The summed E-state index contributed by atoms with van der Waals surface area (Å²) >= 11 is 0. The van der Waals surface area contributed by atoms with Crippen LogP contribution in [0.2, 0.25) is 0 Å². The molecule has 1 fully saturated rings. The minimum atomic E-state index is -5.05. The maximum atomic E-state index is 14.8. The number of likely N-dealkylation sites (tertiary alicyclic amines) is 1. The molecule has 0 aromatic heterocycles. The normalized spacial score (nSPS) is 24.6. The molecule has 0 spiro atoms. The average Bonchev–Trinajstić information content (AvgIpc) is 3.17. The predicted octanol–water partition coefficient (Wildman–Crippen LogP) is 6.01. The predicted molar refractivity (Wildman–Crippen MR) is 127 cm³/mol. The van der Waals surface area contributed by atoms with Crippen LogP contribution in [0.5, 0.6) is 0 Å². The van der Waals surface area contributed by atoms with Crippen LogP contribution in [0.3, 0.4) is 0 Å². The molecular formula is C28H32F5NO2. The summed E-state index contributed by atoms with van der Waals surface area (Å²) in [6, 6.07) is 9.80. The zero-order valence-corrected chi connectivity index (χ0v) is 20.9. The lowest BCUT2D eigenvalue weighted by Crippen LogP contribution is -2.53. The van der Waals surface area contributed by atoms with Crippen LogP contribution in [0.4, 0.5) is 22.0 Å². The van der Waals surface area contributed by atoms with Crippen molar-refractivity contribution in [2.24, 2.45) is 5.41 Å². The average molecular weight is 510 g/mol. The fourth-order valence-corrected chi connectivity index (χ4v) is 5.78. The quantitative estimate of drug-likeness (QED) is 0.513. The second-order valence-corrected chi connectivity index (χ2v) is 11.4. The molecule has 1 unspecified atom stereocenters. The van der Waals surface area contributed by atoms with Gasteiger partial charge in [-0.15, -0.1) is 0 Å². The van der Waals surface area contributed by atoms with Gasteiger partial charge in [0.05, 0.1) is 0 Å². The van der Waals surface area contributed by atoms with E-state index < -0.39 is 34.3 Å². The summed E-state index contributed by atoms with van der Waals surface area (Å²) in [6.07, 6.45) is -4.45. The van der Waals surface area contributed by atoms with E-state index in [1.54, 1.807) is 43.9 Å². The molecule has 1 heterocycles. The van der Waals surface area contributed by atoms with E-state index in [0.717, 1.165) is 11.1 Å². The fourth-order valence-electron chi connectivity index (χ4n) is 5.78. The third-order valence-electron chi connectivity index (χ3n) is 7.99. The molecule has 196 valence electrons. The number of benzene rings is 2. The Balaban J connectivity index is 1.79. The number of hydrogen-bond donors (Lipinski definition) is 1. The van der Waals surface area contributed by atoms with Crippen LogP contribution in [0.25, 0.3) is 0 Å². The van der Waals surface area contributed by atoms with E-state index in [9.17, 15) is 31.9 Å². The first-order valence-corrected chi connectivity index (χ1v) is 12.2. The maximum absolute atomic E-state index is 14.8. The van der Waals surface area contributed by atoms with Crippen molar-refractivity contribution >= 4 is 5.91 Å². The largest absolute Gasteiger partial charge is 0.426 e. The van der Waals surface area contributed by atoms with Gasteiger partial charge >= 0.3 is 6.18 Å². The maximum Gasteiger partial charge on any atom is 0.426 e. The highest BCUT2D eigenvalue weighted by molar-refractivity contribution is 5.82. The summed E-state index contributed by atoms with van der Waals surface area (Å²) in [5, 5.41) is 10.7. The number of rotatable bonds is 4. The number of amides is 1. The first kappa shape index (κ1) is 26.6. The number of carbonyl (C=O) groups is 1. The Morgan fingerprint density at radius 3 is 2.31 bits per heavy atom. The van der Waals surface area contributed by atoms with Crippen molar-refractivity contribution < 1.29 is 31.9 Å². The lowest BCUT2D eigenvalue weighted by atomic mass is 9.63. The van der Waals surface area contributed by atoms with E-state index >= 15 is 0 Å². The molecule has 1 amide bonds. The van der Waals surface area contributed by atoms with Crippen molar-refractivity contribution in [3.05, 3.63) is 70.5 Å². The molecule has 1 aliphatic carbocycles. The van der Waals surface area contributed by atoms with E-state index in [4.69, 9.17) is 0 Å². The number of alkyl halides is 4. The minimum Gasteiger partial charge on any atom is -0.383 e. The van der Waals surface area contributed by atoms with Crippen molar-refractivity contribution in [1.29, 1.82) is 0 Å². The minimum absolute atomic E-state index is 0.301. The van der Waals surface area contributed by atoms with Crippen LogP contribution < -0.4 is 0 Å². The van der Waals surface area contributed by atoms with Gasteiger partial charge in [0.2, 0.25) is 5.67 Å². The summed E-state index contributed by atoms with van der Waals surface area (Å²) < 4.78 is 68.6. The molecule has 1 aliphatic heterocycles. The number of hydrogen-bond acceptors (Lipinski definition) is 2. The Morgan fingerprint density at radius 2 is 1.72 bits per heavy atom. The number of nitrogens with zero attached hydrogens (tertiary/aromatic N) is 1. The smallest absolute Gasteiger partial charge is 0.383 e. The molecule has 1 saturated heterocycles. The number of aryl methyl sites for hydroxylation is 1. The second kappa shape index (κ2) is 8.82. The van der Waals surface area contributed by atoms with Crippen molar-refractivity contribution in [3.63, 3.8) is 0 Å². The van der Waals surface area contributed by atoms with Gasteiger partial charge in [-0.05, 0) is 72.4 Å². The zero-order valence-electron chi connectivity index (χ0n) is 20.9. The van der Waals surface area contributed by atoms with E-state index in [-0.39, 0.29) is 17.8 Å². The second-order valence-electron chi connectivity index (χ2n) is 11.4. The molecule has 2 aromatic rings. The molecule has 4 rings (SSSR count). The highest BCUT2D eigenvalue weighted by Gasteiger charge is 2.56. The van der Waals surface area contributed by atoms with E-state index in [0.29, 0.717) is 44.7 Å². The monoisotopic (exact) mass is 509 g/mol. The number of carbonyl (C=O) groups excluding carboxylic acids is 1. The van der Waals surface area contributed by atoms with Crippen LogP contribution in [0.1, 0.15) is 62.8 Å². The van der Waals surface area contributed by atoms with Gasteiger partial charge in [-0.3, -0.25) is 4.79 Å². The van der Waals surface area contributed by atoms with Gasteiger partial charge in [-0.2, -0.15) is 13.2 Å². The summed E-state index contributed by atoms with van der Waals surface area (Å²) in [5.74, 6) is -0.755. The molecule has 0 bridgehead atoms. The molecule has 2 aromatic carbocycles. The third kappa shape index (κ3) is 4.42. The molecule has 2 aliphatic rings. The van der Waals surface area contributed by atoms with Gasteiger partial charge < -0.3 is 10.0 Å². The number of aliphatic hydroxyl groups is 1. The van der Waals surface area contributed by atoms with Crippen LogP contribution >= 0.6 is 0 Å². The number of halogens is 5. The zero-order chi connectivity index (χ0) is 26.7. The van der Waals surface area contributed by atoms with Gasteiger partial charge in [-0.1, -0.05) is 51.1 Å². The van der Waals surface area contributed by atoms with Crippen LogP contribution in [0.15, 0.2) is 42.5 Å². The molecule has 36 heavy (non-hydrogen) atoms. The van der Waals surface area contributed by atoms with Crippen molar-refractivity contribution in [3.8, 4) is 0 Å². The summed E-state index contributed by atoms with van der Waals surface area (Å²) in [6.45, 7) is 6.25. The summed E-state index contributed by atoms with van der Waals surface area (Å²) in [4.78, 5) is 15.0. The molecule has 8 heteroatoms. The molecule has 0 saturated carbocycles. The Hall–Kier alpha value is -2.48. The highest BCUT2D eigenvalue weighted by Crippen LogP contribution is 2.51. The molecule has 4 atom stereocenters. The van der Waals surface area contributed by atoms with Gasteiger partial charge in [-0.25, -0.2) is 8.78 Å². The van der Waals surface area contributed by atoms with Crippen LogP contribution in [0, 0.1) is 11.2 Å². The Morgan fingerprint density at radius 1 is 1.08 bits per heavy atom. The summed E-state index contributed by atoms with van der Waals surface area (Å²) in [5.41, 5.74) is -3.01. The van der Waals surface area contributed by atoms with Gasteiger partial charge in [0.1, 0.15) is 11.9 Å². The van der Waals surface area contributed by atoms with Crippen molar-refractivity contribution in [2.75, 3.05) is 6.54 Å². The highest BCUT2D eigenvalue weighted by atomic mass is 19.4. The third-order valence-corrected chi connectivity index (χ3v) is 7.99. The SMILES string of the molecule is CC(C)(C)[C@H](O)C(=O)N1CC[C@@]2(Cc3ccc(F)cc3)c3ccc(C(C)(F)C(F)(F)F)cc3CC[C@@H]12. The van der Waals surface area contributed by atoms with Crippen LogP contribution in [-0.2, 0) is 28.7 Å². The lowest BCUT2D eigenvalue weighted by molar-refractivity contribution is -0.228. The number of aliphatic hydroxyl groups excluding tert-OH is 1. The molecule has 0 radical (unpaired) electrons. The fraction of sp³-hybridized carbons (Fsp3) is 0.536. The summed E-state index contributed by atoms with van der Waals surface area (Å²) in [7, 11) is 0. The van der Waals surface area contributed by atoms with Gasteiger partial charge in [0, 0.05) is 18.0 Å². The lowest BCUT2D eigenvalue weighted by Gasteiger charge is -2.45. The van der Waals surface area contributed by atoms with Crippen molar-refractivity contribution in [2.45, 2.75) is 82.8 Å². The Kier molecular flexibility index (Phi) is 6.51. The van der Waals surface area contributed by atoms with E-state index in [1.807, 2.05) is 0 Å². The Labute approximate surface area is 208 Å². The molecular weight excluding hydrogens is 477 g/mol. The first-order valence-electron chi connectivity index (χ1n) is 12.2. The van der Waals surface area contributed by atoms with Gasteiger partial charge in [0.25, 0.3) is 5.91 Å². The van der Waals surface area contributed by atoms with E-state index in [2.05, 4.69) is 0 Å². The molecule has 1 N–H and O–H groups in total. The molecule has 3 nitrogen and oxygen atoms in total. The standard InChI is InChI=1S/C28H32F5NO2/c1-25(2,3)23(35)24(36)34-14-13-27(16-17-5-9-20(29)10-6-17)21-11-8-19(26(4,30)28(31,32)33)15-18(21)7-12-22(27)34/h5-6,8-11,15,22-23,35H,7,12-14,16H2,1-4H3/t22-,23-,26?,27-/m1/s1.